The summed E-state index contributed by atoms with van der Waals surface area (Å²) in [7, 11) is -6.02. The van der Waals surface area contributed by atoms with Gasteiger partial charge < -0.3 is 14.2 Å². The van der Waals surface area contributed by atoms with Crippen molar-refractivity contribution in [2.45, 2.75) is 12.2 Å². The molecule has 11 heteroatoms. The summed E-state index contributed by atoms with van der Waals surface area (Å²) in [4.78, 5) is 11.7. The molecule has 0 aliphatic rings. The number of halogens is 3. The Bertz CT molecular complexity index is 1160. The van der Waals surface area contributed by atoms with Crippen LogP contribution in [0, 0.1) is 10.5 Å². The molecule has 0 aliphatic heterocycles. The van der Waals surface area contributed by atoms with E-state index < -0.39 is 27.1 Å². The maximum atomic E-state index is 13.6. The van der Waals surface area contributed by atoms with Gasteiger partial charge in [-0.3, -0.25) is 4.55 Å². The summed E-state index contributed by atoms with van der Waals surface area (Å²) in [5.41, 5.74) is 0.982. The van der Waals surface area contributed by atoms with Gasteiger partial charge >= 0.3 is 21.3 Å². The number of hydrogen-bond acceptors (Lipinski definition) is 6. The van der Waals surface area contributed by atoms with Crippen molar-refractivity contribution in [3.05, 3.63) is 75.9 Å². The van der Waals surface area contributed by atoms with Crippen molar-refractivity contribution >= 4 is 38.7 Å². The highest BCUT2D eigenvalue weighted by Crippen LogP contribution is 2.35. The highest BCUT2D eigenvalue weighted by molar-refractivity contribution is 14.1. The molecule has 0 amide bonds. The van der Waals surface area contributed by atoms with E-state index in [0.717, 1.165) is 21.3 Å². The zero-order valence-corrected chi connectivity index (χ0v) is 19.3. The minimum Gasteiger partial charge on any atom is -0.457 e. The molecule has 0 radical (unpaired) electrons. The summed E-state index contributed by atoms with van der Waals surface area (Å²) < 4.78 is 74.3. The molecule has 168 valence electrons. The summed E-state index contributed by atoms with van der Waals surface area (Å²) >= 11 is 2.11. The summed E-state index contributed by atoms with van der Waals surface area (Å²) in [5.74, 6) is -2.03. The van der Waals surface area contributed by atoms with E-state index in [1.807, 2.05) is 6.92 Å². The van der Waals surface area contributed by atoms with Crippen LogP contribution in [0.1, 0.15) is 5.56 Å². The first kappa shape index (κ1) is 23.9. The monoisotopic (exact) mass is 576 g/mol. The van der Waals surface area contributed by atoms with E-state index in [0.29, 0.717) is 11.5 Å². The molecule has 0 fully saturated rings. The quantitative estimate of drug-likeness (QED) is 0.170. The maximum absolute atomic E-state index is 13.6. The standard InChI is InChI=1S/C21H15F2IO7S/c1-13-2-6-15(7-3-13)29-17-10-18(30-16-8-4-14(24)5-9-16)12-19(11-17)31-20(25)21(22,23)32(26,27)28/h2-12H,1H3,(H,26,27,28). The molecular weight excluding hydrogens is 561 g/mol. The van der Waals surface area contributed by atoms with E-state index in [-0.39, 0.29) is 11.5 Å². The van der Waals surface area contributed by atoms with Crippen LogP contribution in [0.3, 0.4) is 0 Å². The van der Waals surface area contributed by atoms with E-state index in [9.17, 15) is 22.0 Å². The number of aryl methyl sites for hydroxylation is 1. The molecule has 0 saturated carbocycles. The predicted octanol–water partition coefficient (Wildman–Crippen LogP) is 5.57. The lowest BCUT2D eigenvalue weighted by Gasteiger charge is -2.14. The van der Waals surface area contributed by atoms with Gasteiger partial charge in [-0.2, -0.15) is 17.2 Å². The van der Waals surface area contributed by atoms with Crippen LogP contribution < -0.4 is 14.2 Å². The van der Waals surface area contributed by atoms with Gasteiger partial charge in [-0.05, 0) is 65.9 Å². The van der Waals surface area contributed by atoms with Gasteiger partial charge in [-0.15, -0.1) is 0 Å². The largest absolute Gasteiger partial charge is 0.466 e. The van der Waals surface area contributed by atoms with Gasteiger partial charge in [0.2, 0.25) is 0 Å². The number of hydrogen-bond donors (Lipinski definition) is 1. The van der Waals surface area contributed by atoms with Crippen molar-refractivity contribution in [1.29, 1.82) is 0 Å². The molecule has 0 unspecified atom stereocenters. The molecule has 0 aliphatic carbocycles. The van der Waals surface area contributed by atoms with E-state index in [2.05, 4.69) is 27.3 Å². The Balaban J connectivity index is 1.94. The van der Waals surface area contributed by atoms with Gasteiger partial charge in [0.25, 0.3) is 0 Å². The van der Waals surface area contributed by atoms with Gasteiger partial charge in [-0.1, -0.05) is 17.7 Å². The van der Waals surface area contributed by atoms with Gasteiger partial charge in [0, 0.05) is 21.8 Å². The third-order valence-electron chi connectivity index (χ3n) is 3.93. The predicted molar refractivity (Wildman–Crippen MR) is 119 cm³/mol. The Morgan fingerprint density at radius 1 is 0.844 bits per heavy atom. The Hall–Kier alpha value is -2.77. The van der Waals surface area contributed by atoms with Crippen LogP contribution in [-0.4, -0.2) is 24.2 Å². The van der Waals surface area contributed by atoms with Crippen molar-refractivity contribution in [3.63, 3.8) is 0 Å². The van der Waals surface area contributed by atoms with E-state index in [4.69, 9.17) is 14.0 Å². The molecule has 0 bridgehead atoms. The number of esters is 1. The van der Waals surface area contributed by atoms with Gasteiger partial charge in [0.15, 0.2) is 0 Å². The normalized spacial score (nSPS) is 11.7. The van der Waals surface area contributed by atoms with Crippen molar-refractivity contribution < 1.29 is 40.8 Å². The van der Waals surface area contributed by atoms with Crippen LogP contribution >= 0.6 is 22.6 Å². The molecule has 1 N–H and O–H groups in total. The summed E-state index contributed by atoms with van der Waals surface area (Å²) in [6, 6.07) is 17.4. The van der Waals surface area contributed by atoms with Crippen molar-refractivity contribution in [2.24, 2.45) is 0 Å². The number of rotatable bonds is 7. The van der Waals surface area contributed by atoms with Crippen LogP contribution in [0.2, 0.25) is 0 Å². The fraction of sp³-hybridized carbons (Fsp3) is 0.0952. The molecule has 32 heavy (non-hydrogen) atoms. The van der Waals surface area contributed by atoms with Crippen LogP contribution in [0.25, 0.3) is 0 Å². The molecule has 0 spiro atoms. The van der Waals surface area contributed by atoms with E-state index in [1.54, 1.807) is 48.5 Å². The first-order valence-electron chi connectivity index (χ1n) is 8.84. The summed E-state index contributed by atoms with van der Waals surface area (Å²) in [6.45, 7) is 1.88. The average Bonchev–Trinajstić information content (AvgIpc) is 2.70. The Kier molecular flexibility index (Phi) is 7.00. The highest BCUT2D eigenvalue weighted by atomic mass is 127. The molecule has 0 aromatic heterocycles. The fourth-order valence-electron chi connectivity index (χ4n) is 2.38. The third-order valence-corrected chi connectivity index (χ3v) is 5.47. The Morgan fingerprint density at radius 3 is 1.75 bits per heavy atom. The molecule has 3 rings (SSSR count). The van der Waals surface area contributed by atoms with Gasteiger partial charge in [0.1, 0.15) is 28.7 Å². The number of alkyl halides is 2. The molecule has 3 aromatic rings. The Labute approximate surface area is 195 Å². The SMILES string of the molecule is Cc1ccc(Oc2cc(OC(=O)C(F)(F)S(=O)(=O)O)cc(Oc3ccc(I)cc3)c2)cc1. The van der Waals surface area contributed by atoms with Crippen molar-refractivity contribution in [2.75, 3.05) is 0 Å². The molecular formula is C21H15F2IO7S. The summed E-state index contributed by atoms with van der Waals surface area (Å²) in [5, 5.41) is -5.15. The molecule has 7 nitrogen and oxygen atoms in total. The van der Waals surface area contributed by atoms with Crippen molar-refractivity contribution in [3.8, 4) is 28.7 Å². The maximum Gasteiger partial charge on any atom is 0.466 e. The average molecular weight is 576 g/mol. The highest BCUT2D eigenvalue weighted by Gasteiger charge is 2.54. The van der Waals surface area contributed by atoms with Crippen molar-refractivity contribution in [1.82, 2.24) is 0 Å². The third kappa shape index (κ3) is 5.93. The van der Waals surface area contributed by atoms with Gasteiger partial charge in [0.05, 0.1) is 0 Å². The lowest BCUT2D eigenvalue weighted by molar-refractivity contribution is -0.151. The fourth-order valence-corrected chi connectivity index (χ4v) is 2.99. The Morgan fingerprint density at radius 2 is 1.28 bits per heavy atom. The van der Waals surface area contributed by atoms with Crippen LogP contribution in [0.4, 0.5) is 8.78 Å². The zero-order valence-electron chi connectivity index (χ0n) is 16.3. The summed E-state index contributed by atoms with van der Waals surface area (Å²) in [6.07, 6.45) is 0. The minimum atomic E-state index is -6.02. The zero-order chi connectivity index (χ0) is 23.5. The lowest BCUT2D eigenvalue weighted by atomic mass is 10.2. The second kappa shape index (κ2) is 9.38. The molecule has 0 atom stereocenters. The van der Waals surface area contributed by atoms with E-state index in [1.165, 1.54) is 6.07 Å². The second-order valence-electron chi connectivity index (χ2n) is 6.49. The molecule has 0 heterocycles. The lowest BCUT2D eigenvalue weighted by Crippen LogP contribution is -2.40. The topological polar surface area (TPSA) is 99.1 Å². The minimum absolute atomic E-state index is 0.0637. The van der Waals surface area contributed by atoms with Crippen LogP contribution in [0.5, 0.6) is 28.7 Å². The number of benzene rings is 3. The van der Waals surface area contributed by atoms with E-state index >= 15 is 0 Å². The van der Waals surface area contributed by atoms with Crippen LogP contribution in [0.15, 0.2) is 66.7 Å². The number of ether oxygens (including phenoxy) is 3. The first-order chi connectivity index (χ1) is 14.9. The molecule has 0 saturated heterocycles. The van der Waals surface area contributed by atoms with Crippen LogP contribution in [-0.2, 0) is 14.9 Å². The smallest absolute Gasteiger partial charge is 0.457 e. The number of carbonyl (C=O) groups excluding carboxylic acids is 1. The first-order valence-corrected chi connectivity index (χ1v) is 11.4. The van der Waals surface area contributed by atoms with Gasteiger partial charge in [-0.25, -0.2) is 4.79 Å². The second-order valence-corrected chi connectivity index (χ2v) is 9.20. The number of carbonyl (C=O) groups is 1. The molecule has 3 aromatic carbocycles.